The van der Waals surface area contributed by atoms with Crippen molar-refractivity contribution in [3.63, 3.8) is 0 Å². The van der Waals surface area contributed by atoms with Gasteiger partial charge in [-0.05, 0) is 77.5 Å². The highest BCUT2D eigenvalue weighted by molar-refractivity contribution is 8.01. The van der Waals surface area contributed by atoms with Crippen LogP contribution in [0.15, 0.2) is 76.8 Å². The molecule has 0 N–H and O–H groups in total. The number of hydrogen-bond acceptors (Lipinski definition) is 2. The standard InChI is InChI=1S/C24H26FNOS.C3H8/c1-5-23(26-16-17(2)3)21-14-13-18(15-22(21)25)20-11-6-7-12-24(20)28(4,27)19-9-8-10-19;1-3-2/h5-7,11-16,19H,1,4,8-10H2,2-3H3;3H2,1-2H3. The van der Waals surface area contributed by atoms with E-state index < -0.39 is 9.52 Å². The Bertz CT molecular complexity index is 1070. The third-order valence-electron chi connectivity index (χ3n) is 5.06. The molecule has 1 fully saturated rings. The van der Waals surface area contributed by atoms with Crippen LogP contribution in [-0.2, 0) is 9.52 Å². The van der Waals surface area contributed by atoms with Gasteiger partial charge in [0, 0.05) is 21.9 Å². The zero-order valence-electron chi connectivity index (χ0n) is 19.2. The van der Waals surface area contributed by atoms with Crippen LogP contribution in [0.3, 0.4) is 0 Å². The predicted octanol–water partition coefficient (Wildman–Crippen LogP) is 7.44. The lowest BCUT2D eigenvalue weighted by Crippen LogP contribution is -2.28. The van der Waals surface area contributed by atoms with E-state index in [1.165, 1.54) is 12.5 Å². The molecule has 4 heteroatoms. The fraction of sp³-hybridized carbons (Fsp3) is 0.333. The maximum Gasteiger partial charge on any atom is 0.133 e. The minimum atomic E-state index is -2.41. The second kappa shape index (κ2) is 11.2. The number of benzene rings is 2. The third kappa shape index (κ3) is 6.04. The lowest BCUT2D eigenvalue weighted by Gasteiger charge is -2.30. The van der Waals surface area contributed by atoms with Crippen molar-refractivity contribution >= 4 is 21.1 Å². The first-order chi connectivity index (χ1) is 14.8. The van der Waals surface area contributed by atoms with Gasteiger partial charge in [0.1, 0.15) is 5.82 Å². The highest BCUT2D eigenvalue weighted by Crippen LogP contribution is 2.36. The second-order valence-electron chi connectivity index (χ2n) is 8.10. The van der Waals surface area contributed by atoms with Crippen LogP contribution in [-0.4, -0.2) is 21.0 Å². The van der Waals surface area contributed by atoms with Gasteiger partial charge in [-0.3, -0.25) is 9.20 Å². The van der Waals surface area contributed by atoms with Gasteiger partial charge in [-0.1, -0.05) is 63.1 Å². The molecule has 1 unspecified atom stereocenters. The zero-order chi connectivity index (χ0) is 23.0. The van der Waals surface area contributed by atoms with Crippen molar-refractivity contribution in [2.24, 2.45) is 4.99 Å². The normalized spacial score (nSPS) is 15.7. The maximum atomic E-state index is 14.9. The van der Waals surface area contributed by atoms with E-state index in [4.69, 9.17) is 0 Å². The van der Waals surface area contributed by atoms with Crippen LogP contribution in [0.25, 0.3) is 11.1 Å². The van der Waals surface area contributed by atoms with Crippen molar-refractivity contribution in [2.45, 2.75) is 63.5 Å². The fourth-order valence-corrected chi connectivity index (χ4v) is 5.58. The van der Waals surface area contributed by atoms with Gasteiger partial charge in [-0.15, -0.1) is 0 Å². The van der Waals surface area contributed by atoms with Crippen LogP contribution in [0.5, 0.6) is 0 Å². The Morgan fingerprint density at radius 2 is 1.84 bits per heavy atom. The molecular weight excluding hydrogens is 405 g/mol. The van der Waals surface area contributed by atoms with Gasteiger partial charge >= 0.3 is 0 Å². The summed E-state index contributed by atoms with van der Waals surface area (Å²) in [6, 6.07) is 12.5. The highest BCUT2D eigenvalue weighted by atomic mass is 32.2. The lowest BCUT2D eigenvalue weighted by molar-refractivity contribution is 0.503. The summed E-state index contributed by atoms with van der Waals surface area (Å²) in [5.41, 5.74) is 3.36. The average molecular weight is 440 g/mol. The first kappa shape index (κ1) is 24.8. The Kier molecular flexibility index (Phi) is 9.00. The molecule has 2 aromatic rings. The molecule has 0 aromatic heterocycles. The molecule has 2 aromatic carbocycles. The molecule has 1 atom stereocenters. The zero-order valence-corrected chi connectivity index (χ0v) is 20.0. The second-order valence-corrected chi connectivity index (χ2v) is 10.7. The van der Waals surface area contributed by atoms with Gasteiger partial charge in [-0.2, -0.15) is 0 Å². The van der Waals surface area contributed by atoms with Gasteiger partial charge in [0.25, 0.3) is 0 Å². The van der Waals surface area contributed by atoms with Crippen LogP contribution in [0.1, 0.15) is 58.9 Å². The quantitative estimate of drug-likeness (QED) is 0.340. The number of rotatable bonds is 6. The molecule has 0 heterocycles. The monoisotopic (exact) mass is 439 g/mol. The molecule has 1 aliphatic rings. The van der Waals surface area contributed by atoms with Crippen LogP contribution in [0.2, 0.25) is 0 Å². The van der Waals surface area contributed by atoms with E-state index in [1.54, 1.807) is 18.3 Å². The SMILES string of the molecule is C=CC(=NC=C(C)C)c1ccc(-c2ccccc2S(=C)(=O)C2CCC2)cc1F.CCC. The number of allylic oxidation sites excluding steroid dienone is 2. The van der Waals surface area contributed by atoms with Crippen molar-refractivity contribution in [1.82, 2.24) is 0 Å². The number of hydrogen-bond donors (Lipinski definition) is 0. The van der Waals surface area contributed by atoms with Gasteiger partial charge in [0.05, 0.1) is 5.71 Å². The minimum Gasteiger partial charge on any atom is -0.263 e. The van der Waals surface area contributed by atoms with E-state index in [-0.39, 0.29) is 11.1 Å². The van der Waals surface area contributed by atoms with Crippen LogP contribution in [0, 0.1) is 5.82 Å². The smallest absolute Gasteiger partial charge is 0.133 e. The highest BCUT2D eigenvalue weighted by Gasteiger charge is 2.29. The number of aliphatic imine (C=N–C) groups is 1. The molecule has 31 heavy (non-hydrogen) atoms. The Hall–Kier alpha value is -2.46. The van der Waals surface area contributed by atoms with E-state index >= 15 is 0 Å². The van der Waals surface area contributed by atoms with E-state index in [0.717, 1.165) is 30.4 Å². The fourth-order valence-electron chi connectivity index (χ4n) is 3.26. The topological polar surface area (TPSA) is 29.4 Å². The number of nitrogens with zero attached hydrogens (tertiary/aromatic N) is 1. The summed E-state index contributed by atoms with van der Waals surface area (Å²) in [7, 11) is -2.41. The van der Waals surface area contributed by atoms with Crippen molar-refractivity contribution in [1.29, 1.82) is 0 Å². The molecule has 0 radical (unpaired) electrons. The van der Waals surface area contributed by atoms with Gasteiger partial charge in [0.2, 0.25) is 0 Å². The molecule has 1 saturated carbocycles. The van der Waals surface area contributed by atoms with Crippen LogP contribution < -0.4 is 0 Å². The molecule has 3 rings (SSSR count). The minimum absolute atomic E-state index is 0.112. The first-order valence-electron chi connectivity index (χ1n) is 10.8. The Morgan fingerprint density at radius 3 is 2.35 bits per heavy atom. The van der Waals surface area contributed by atoms with Crippen LogP contribution >= 0.6 is 0 Å². The lowest BCUT2D eigenvalue weighted by atomic mass is 10.00. The summed E-state index contributed by atoms with van der Waals surface area (Å²) < 4.78 is 28.3. The largest absolute Gasteiger partial charge is 0.263 e. The van der Waals surface area contributed by atoms with Gasteiger partial charge < -0.3 is 0 Å². The molecule has 0 aliphatic heterocycles. The van der Waals surface area contributed by atoms with Gasteiger partial charge in [-0.25, -0.2) is 4.39 Å². The van der Waals surface area contributed by atoms with Crippen molar-refractivity contribution < 1.29 is 8.60 Å². The van der Waals surface area contributed by atoms with Crippen molar-refractivity contribution in [3.05, 3.63) is 78.3 Å². The summed E-state index contributed by atoms with van der Waals surface area (Å²) in [5.74, 6) is 3.68. The molecular formula is C27H34FNOS. The van der Waals surface area contributed by atoms with Crippen molar-refractivity contribution in [2.75, 3.05) is 0 Å². The van der Waals surface area contributed by atoms with Crippen LogP contribution in [0.4, 0.5) is 4.39 Å². The Morgan fingerprint density at radius 1 is 1.19 bits per heavy atom. The van der Waals surface area contributed by atoms with Gasteiger partial charge in [0.15, 0.2) is 0 Å². The summed E-state index contributed by atoms with van der Waals surface area (Å²) in [6.45, 7) is 11.9. The summed E-state index contributed by atoms with van der Waals surface area (Å²) in [4.78, 5) is 5.03. The molecule has 2 nitrogen and oxygen atoms in total. The maximum absolute atomic E-state index is 14.9. The Labute approximate surface area is 187 Å². The Balaban J connectivity index is 0.00000107. The molecule has 0 amide bonds. The summed E-state index contributed by atoms with van der Waals surface area (Å²) in [6.07, 6.45) is 7.46. The average Bonchev–Trinajstić information content (AvgIpc) is 2.68. The summed E-state index contributed by atoms with van der Waals surface area (Å²) in [5, 5.41) is 0.112. The van der Waals surface area contributed by atoms with E-state index in [1.807, 2.05) is 44.2 Å². The molecule has 0 saturated heterocycles. The van der Waals surface area contributed by atoms with E-state index in [0.29, 0.717) is 21.7 Å². The molecule has 0 bridgehead atoms. The molecule has 1 aliphatic carbocycles. The first-order valence-corrected chi connectivity index (χ1v) is 12.6. The van der Waals surface area contributed by atoms with E-state index in [2.05, 4.69) is 31.3 Å². The number of halogens is 1. The third-order valence-corrected chi connectivity index (χ3v) is 7.71. The molecule has 0 spiro atoms. The predicted molar refractivity (Wildman–Crippen MR) is 135 cm³/mol. The van der Waals surface area contributed by atoms with E-state index in [9.17, 15) is 8.60 Å². The summed E-state index contributed by atoms with van der Waals surface area (Å²) >= 11 is 0. The molecule has 166 valence electrons. The van der Waals surface area contributed by atoms with Crippen molar-refractivity contribution in [3.8, 4) is 11.1 Å².